The minimum absolute atomic E-state index is 0.00565. The largest absolute Gasteiger partial charge is 0.396 e. The Kier molecular flexibility index (Phi) is 3.90. The smallest absolute Gasteiger partial charge is 0.144 e. The van der Waals surface area contributed by atoms with Crippen LogP contribution in [0.2, 0.25) is 0 Å². The second kappa shape index (κ2) is 5.02. The van der Waals surface area contributed by atoms with Crippen LogP contribution in [0.4, 0.5) is 0 Å². The van der Waals surface area contributed by atoms with Crippen LogP contribution in [0.1, 0.15) is 46.5 Å². The molecule has 0 bridgehead atoms. The Morgan fingerprint density at radius 1 is 1.37 bits per heavy atom. The highest BCUT2D eigenvalue weighted by Gasteiger charge is 2.56. The maximum atomic E-state index is 12.5. The number of rotatable bonds is 3. The zero-order valence-corrected chi connectivity index (χ0v) is 12.2. The Balaban J connectivity index is 2.38. The van der Waals surface area contributed by atoms with Gasteiger partial charge in [0.25, 0.3) is 0 Å². The van der Waals surface area contributed by atoms with Gasteiger partial charge in [-0.1, -0.05) is 25.5 Å². The van der Waals surface area contributed by atoms with Crippen LogP contribution in [0.5, 0.6) is 0 Å². The molecule has 2 N–H and O–H groups in total. The van der Waals surface area contributed by atoms with E-state index >= 15 is 0 Å². The summed E-state index contributed by atoms with van der Waals surface area (Å²) in [6, 6.07) is 0. The van der Waals surface area contributed by atoms with E-state index in [0.29, 0.717) is 11.8 Å². The number of fused-ring (bicyclic) bond motifs is 1. The molecular formula is C16H26O3. The van der Waals surface area contributed by atoms with Gasteiger partial charge in [0.05, 0.1) is 11.0 Å². The van der Waals surface area contributed by atoms with Crippen molar-refractivity contribution >= 4 is 5.78 Å². The van der Waals surface area contributed by atoms with Gasteiger partial charge in [-0.15, -0.1) is 0 Å². The molecule has 0 radical (unpaired) electrons. The van der Waals surface area contributed by atoms with Crippen molar-refractivity contribution in [3.05, 3.63) is 12.2 Å². The standard InChI is InChI=1S/C16H26O3/c1-11-4-5-13-12(10-11)6-8-15(2,19)16(13,3)14(18)7-9-17/h6,8,11-13,17,19H,4-5,7,9-10H2,1-3H3/t11-,12-,13-,15+,16-/m0/s1. The van der Waals surface area contributed by atoms with E-state index in [0.717, 1.165) is 19.3 Å². The highest BCUT2D eigenvalue weighted by Crippen LogP contribution is 2.54. The number of Topliss-reactive ketones (excluding diaryl/α,β-unsaturated/α-hetero) is 1. The van der Waals surface area contributed by atoms with E-state index in [9.17, 15) is 9.90 Å². The van der Waals surface area contributed by atoms with E-state index in [4.69, 9.17) is 5.11 Å². The first-order valence-electron chi connectivity index (χ1n) is 7.39. The minimum Gasteiger partial charge on any atom is -0.396 e. The van der Waals surface area contributed by atoms with Gasteiger partial charge in [-0.25, -0.2) is 0 Å². The number of hydrogen-bond acceptors (Lipinski definition) is 3. The highest BCUT2D eigenvalue weighted by atomic mass is 16.3. The zero-order chi connectivity index (χ0) is 14.3. The molecule has 5 atom stereocenters. The molecule has 19 heavy (non-hydrogen) atoms. The first-order chi connectivity index (χ1) is 8.83. The molecule has 0 saturated heterocycles. The average Bonchev–Trinajstić information content (AvgIpc) is 2.34. The third kappa shape index (κ3) is 2.27. The molecule has 0 aromatic heterocycles. The quantitative estimate of drug-likeness (QED) is 0.771. The first-order valence-corrected chi connectivity index (χ1v) is 7.39. The van der Waals surface area contributed by atoms with Crippen LogP contribution in [-0.4, -0.2) is 28.2 Å². The molecule has 1 saturated carbocycles. The Morgan fingerprint density at radius 2 is 2.05 bits per heavy atom. The summed E-state index contributed by atoms with van der Waals surface area (Å²) in [4.78, 5) is 12.5. The van der Waals surface area contributed by atoms with Gasteiger partial charge < -0.3 is 10.2 Å². The van der Waals surface area contributed by atoms with Crippen LogP contribution in [-0.2, 0) is 4.79 Å². The molecule has 1 fully saturated rings. The van der Waals surface area contributed by atoms with Gasteiger partial charge in [0.2, 0.25) is 0 Å². The van der Waals surface area contributed by atoms with Gasteiger partial charge in [-0.2, -0.15) is 0 Å². The van der Waals surface area contributed by atoms with Crippen molar-refractivity contribution in [2.24, 2.45) is 23.2 Å². The zero-order valence-electron chi connectivity index (χ0n) is 12.2. The normalized spacial score (nSPS) is 45.8. The van der Waals surface area contributed by atoms with Crippen molar-refractivity contribution in [3.8, 4) is 0 Å². The number of ketones is 1. The predicted octanol–water partition coefficient (Wildman–Crippen LogP) is 2.32. The van der Waals surface area contributed by atoms with E-state index < -0.39 is 11.0 Å². The van der Waals surface area contributed by atoms with Crippen molar-refractivity contribution in [1.29, 1.82) is 0 Å². The van der Waals surface area contributed by atoms with E-state index in [1.54, 1.807) is 6.92 Å². The van der Waals surface area contributed by atoms with Crippen molar-refractivity contribution < 1.29 is 15.0 Å². The fourth-order valence-corrected chi connectivity index (χ4v) is 4.06. The number of aliphatic hydroxyl groups excluding tert-OH is 1. The lowest BCUT2D eigenvalue weighted by molar-refractivity contribution is -0.153. The summed E-state index contributed by atoms with van der Waals surface area (Å²) in [5.74, 6) is 1.26. The van der Waals surface area contributed by atoms with E-state index in [1.807, 2.05) is 13.0 Å². The third-order valence-corrected chi connectivity index (χ3v) is 5.54. The molecule has 0 aromatic rings. The SMILES string of the molecule is C[C@H]1CC[C@H]2[C@@H](C=C[C@@](C)(O)[C@]2(C)C(=O)CCO)C1. The lowest BCUT2D eigenvalue weighted by Gasteiger charge is -2.53. The van der Waals surface area contributed by atoms with E-state index in [-0.39, 0.29) is 24.7 Å². The van der Waals surface area contributed by atoms with Crippen molar-refractivity contribution in [2.75, 3.05) is 6.61 Å². The van der Waals surface area contributed by atoms with Gasteiger partial charge in [0.1, 0.15) is 5.78 Å². The summed E-state index contributed by atoms with van der Waals surface area (Å²) in [6.45, 7) is 5.74. The lowest BCUT2D eigenvalue weighted by Crippen LogP contribution is -2.57. The van der Waals surface area contributed by atoms with Crippen LogP contribution in [0.3, 0.4) is 0 Å². The van der Waals surface area contributed by atoms with Gasteiger partial charge in [0.15, 0.2) is 0 Å². The van der Waals surface area contributed by atoms with Crippen LogP contribution >= 0.6 is 0 Å². The molecule has 3 heteroatoms. The summed E-state index contributed by atoms with van der Waals surface area (Å²) < 4.78 is 0. The number of carbonyl (C=O) groups is 1. The van der Waals surface area contributed by atoms with Crippen molar-refractivity contribution in [1.82, 2.24) is 0 Å². The van der Waals surface area contributed by atoms with Crippen LogP contribution in [0.15, 0.2) is 12.2 Å². The Hall–Kier alpha value is -0.670. The van der Waals surface area contributed by atoms with Gasteiger partial charge in [-0.05, 0) is 44.4 Å². The fraction of sp³-hybridized carbons (Fsp3) is 0.812. The topological polar surface area (TPSA) is 57.5 Å². The Morgan fingerprint density at radius 3 is 2.68 bits per heavy atom. The van der Waals surface area contributed by atoms with E-state index in [1.165, 1.54) is 0 Å². The molecular weight excluding hydrogens is 240 g/mol. The van der Waals surface area contributed by atoms with Crippen LogP contribution < -0.4 is 0 Å². The van der Waals surface area contributed by atoms with Crippen molar-refractivity contribution in [2.45, 2.75) is 52.1 Å². The average molecular weight is 266 g/mol. The van der Waals surface area contributed by atoms with Gasteiger partial charge in [-0.3, -0.25) is 4.79 Å². The highest BCUT2D eigenvalue weighted by molar-refractivity contribution is 5.87. The maximum Gasteiger partial charge on any atom is 0.144 e. The molecule has 0 heterocycles. The summed E-state index contributed by atoms with van der Waals surface area (Å²) in [7, 11) is 0. The van der Waals surface area contributed by atoms with Gasteiger partial charge >= 0.3 is 0 Å². The van der Waals surface area contributed by atoms with Crippen LogP contribution in [0, 0.1) is 23.2 Å². The Labute approximate surface area is 115 Å². The molecule has 2 aliphatic rings. The number of hydrogen-bond donors (Lipinski definition) is 2. The molecule has 0 unspecified atom stereocenters. The number of aliphatic hydroxyl groups is 2. The van der Waals surface area contributed by atoms with Crippen molar-refractivity contribution in [3.63, 3.8) is 0 Å². The number of allylic oxidation sites excluding steroid dienone is 1. The fourth-order valence-electron chi connectivity index (χ4n) is 4.06. The van der Waals surface area contributed by atoms with Crippen LogP contribution in [0.25, 0.3) is 0 Å². The summed E-state index contributed by atoms with van der Waals surface area (Å²) in [5, 5.41) is 19.8. The molecule has 0 aliphatic heterocycles. The van der Waals surface area contributed by atoms with E-state index in [2.05, 4.69) is 13.0 Å². The second-order valence-corrected chi connectivity index (χ2v) is 6.79. The molecule has 3 nitrogen and oxygen atoms in total. The first kappa shape index (κ1) is 14.7. The summed E-state index contributed by atoms with van der Waals surface area (Å²) in [5.41, 5.74) is -1.88. The molecule has 2 aliphatic carbocycles. The molecule has 0 spiro atoms. The summed E-state index contributed by atoms with van der Waals surface area (Å²) >= 11 is 0. The third-order valence-electron chi connectivity index (χ3n) is 5.54. The second-order valence-electron chi connectivity index (χ2n) is 6.79. The molecule has 0 aromatic carbocycles. The number of carbonyl (C=O) groups excluding carboxylic acids is 1. The monoisotopic (exact) mass is 266 g/mol. The predicted molar refractivity (Wildman–Crippen MR) is 74.6 cm³/mol. The summed E-state index contributed by atoms with van der Waals surface area (Å²) in [6.07, 6.45) is 7.25. The lowest BCUT2D eigenvalue weighted by atomic mass is 9.52. The molecule has 0 amide bonds. The Bertz CT molecular complexity index is 385. The van der Waals surface area contributed by atoms with Gasteiger partial charge in [0, 0.05) is 13.0 Å². The molecule has 2 rings (SSSR count). The molecule has 108 valence electrons. The minimum atomic E-state index is -1.11. The maximum absolute atomic E-state index is 12.5.